The maximum absolute atomic E-state index is 12.5. The fourth-order valence-corrected chi connectivity index (χ4v) is 4.83. The van der Waals surface area contributed by atoms with Crippen LogP contribution in [0.5, 0.6) is 0 Å². The molecule has 0 aliphatic carbocycles. The Balaban J connectivity index is 0.00000261. The van der Waals surface area contributed by atoms with Crippen LogP contribution in [0.1, 0.15) is 18.2 Å². The van der Waals surface area contributed by atoms with E-state index in [9.17, 15) is 8.42 Å². The van der Waals surface area contributed by atoms with Crippen molar-refractivity contribution in [3.8, 4) is 0 Å². The Labute approximate surface area is 180 Å². The average molecular weight is 525 g/mol. The molecule has 0 unspecified atom stereocenters. The summed E-state index contributed by atoms with van der Waals surface area (Å²) >= 11 is 1.66. The third kappa shape index (κ3) is 6.16. The Morgan fingerprint density at radius 3 is 2.70 bits per heavy atom. The number of guanidine groups is 1. The smallest absolute Gasteiger partial charge is 0.220 e. The van der Waals surface area contributed by atoms with Crippen LogP contribution in [-0.4, -0.2) is 61.5 Å². The van der Waals surface area contributed by atoms with E-state index in [1.165, 1.54) is 16.1 Å². The van der Waals surface area contributed by atoms with Crippen LogP contribution in [0, 0.1) is 0 Å². The molecule has 2 aromatic rings. The fourth-order valence-electron chi connectivity index (χ4n) is 2.74. The van der Waals surface area contributed by atoms with Crippen molar-refractivity contribution in [1.82, 2.24) is 19.7 Å². The number of thiophene rings is 1. The number of nitrogens with zero attached hydrogens (tertiary/aromatic N) is 4. The van der Waals surface area contributed by atoms with Crippen LogP contribution < -0.4 is 5.32 Å². The monoisotopic (exact) mass is 525 g/mol. The summed E-state index contributed by atoms with van der Waals surface area (Å²) < 4.78 is 31.3. The van der Waals surface area contributed by atoms with Gasteiger partial charge in [-0.3, -0.25) is 0 Å². The van der Waals surface area contributed by atoms with Crippen molar-refractivity contribution in [1.29, 1.82) is 0 Å². The summed E-state index contributed by atoms with van der Waals surface area (Å²) in [6.07, 6.45) is 1.38. The molecule has 0 bridgehead atoms. The summed E-state index contributed by atoms with van der Waals surface area (Å²) in [4.78, 5) is 6.78. The van der Waals surface area contributed by atoms with Gasteiger partial charge in [-0.15, -0.1) is 24.0 Å². The molecule has 0 atom stereocenters. The Morgan fingerprint density at radius 2 is 2.11 bits per heavy atom. The molecule has 150 valence electrons. The number of sulfonamides is 1. The first-order valence-electron chi connectivity index (χ1n) is 8.50. The molecule has 11 heteroatoms. The van der Waals surface area contributed by atoms with E-state index >= 15 is 0 Å². The van der Waals surface area contributed by atoms with Gasteiger partial charge in [0.05, 0.1) is 12.2 Å². The first kappa shape index (κ1) is 22.1. The second-order valence-electron chi connectivity index (χ2n) is 5.93. The highest BCUT2D eigenvalue weighted by molar-refractivity contribution is 14.0. The molecule has 3 rings (SSSR count). The van der Waals surface area contributed by atoms with Crippen LogP contribution in [0.4, 0.5) is 0 Å². The average Bonchev–Trinajstić information content (AvgIpc) is 3.32. The summed E-state index contributed by atoms with van der Waals surface area (Å²) in [6.45, 7) is 5.50. The third-order valence-electron chi connectivity index (χ3n) is 4.08. The van der Waals surface area contributed by atoms with E-state index in [-0.39, 0.29) is 29.7 Å². The molecular formula is C16H24IN5O3S2. The van der Waals surface area contributed by atoms with Crippen molar-refractivity contribution < 1.29 is 12.9 Å². The minimum absolute atomic E-state index is 0. The molecule has 3 heterocycles. The maximum Gasteiger partial charge on any atom is 0.220 e. The summed E-state index contributed by atoms with van der Waals surface area (Å²) in [6, 6.07) is 3.64. The molecule has 2 aromatic heterocycles. The van der Waals surface area contributed by atoms with Gasteiger partial charge in [0.1, 0.15) is 12.0 Å². The van der Waals surface area contributed by atoms with Crippen LogP contribution in [-0.2, 0) is 22.3 Å². The first-order chi connectivity index (χ1) is 12.6. The number of hydrogen-bond acceptors (Lipinski definition) is 6. The van der Waals surface area contributed by atoms with Crippen molar-refractivity contribution in [3.05, 3.63) is 40.4 Å². The highest BCUT2D eigenvalue weighted by Gasteiger charge is 2.28. The highest BCUT2D eigenvalue weighted by atomic mass is 127. The molecule has 0 radical (unpaired) electrons. The van der Waals surface area contributed by atoms with Crippen LogP contribution in [0.25, 0.3) is 0 Å². The highest BCUT2D eigenvalue weighted by Crippen LogP contribution is 2.13. The molecule has 0 aromatic carbocycles. The van der Waals surface area contributed by atoms with Gasteiger partial charge >= 0.3 is 0 Å². The second-order valence-corrected chi connectivity index (χ2v) is 8.68. The Bertz CT molecular complexity index is 801. The van der Waals surface area contributed by atoms with Gasteiger partial charge in [0, 0.05) is 38.8 Å². The predicted molar refractivity (Wildman–Crippen MR) is 117 cm³/mol. The molecule has 27 heavy (non-hydrogen) atoms. The Kier molecular flexibility index (Phi) is 8.51. The van der Waals surface area contributed by atoms with Gasteiger partial charge in [-0.25, -0.2) is 13.4 Å². The van der Waals surface area contributed by atoms with Gasteiger partial charge < -0.3 is 14.7 Å². The van der Waals surface area contributed by atoms with Crippen LogP contribution in [0.2, 0.25) is 0 Å². The van der Waals surface area contributed by atoms with Gasteiger partial charge in [-0.1, -0.05) is 5.16 Å². The molecule has 1 saturated heterocycles. The van der Waals surface area contributed by atoms with Crippen molar-refractivity contribution in [3.63, 3.8) is 0 Å². The second kappa shape index (κ2) is 10.4. The normalized spacial score (nSPS) is 16.2. The van der Waals surface area contributed by atoms with E-state index in [1.807, 2.05) is 12.3 Å². The van der Waals surface area contributed by atoms with Crippen molar-refractivity contribution >= 4 is 51.3 Å². The molecule has 0 saturated carbocycles. The number of piperazine rings is 1. The van der Waals surface area contributed by atoms with Crippen LogP contribution >= 0.6 is 35.3 Å². The summed E-state index contributed by atoms with van der Waals surface area (Å²) in [5, 5.41) is 11.1. The minimum atomic E-state index is -3.39. The number of halogens is 1. The lowest BCUT2D eigenvalue weighted by Crippen LogP contribution is -2.53. The number of nitrogens with one attached hydrogen (secondary N) is 1. The molecule has 1 N–H and O–H groups in total. The van der Waals surface area contributed by atoms with E-state index in [4.69, 9.17) is 4.52 Å². The minimum Gasteiger partial charge on any atom is -0.364 e. The standard InChI is InChI=1S/C16H23N5O3S2.HI/c1-2-17-16(18-11-14-4-10-25-12-14)20-5-7-21(8-6-20)26(22,23)13-15-3-9-24-19-15;/h3-4,9-10,12H,2,5-8,11,13H2,1H3,(H,17,18);1H. The lowest BCUT2D eigenvalue weighted by Gasteiger charge is -2.35. The molecule has 8 nitrogen and oxygen atoms in total. The summed E-state index contributed by atoms with van der Waals surface area (Å²) in [7, 11) is -3.39. The van der Waals surface area contributed by atoms with E-state index in [1.54, 1.807) is 17.4 Å². The van der Waals surface area contributed by atoms with Crippen LogP contribution in [0.15, 0.2) is 38.7 Å². The van der Waals surface area contributed by atoms with E-state index in [2.05, 4.69) is 31.8 Å². The molecular weight excluding hydrogens is 501 g/mol. The lowest BCUT2D eigenvalue weighted by molar-refractivity contribution is 0.259. The van der Waals surface area contributed by atoms with Crippen LogP contribution in [0.3, 0.4) is 0 Å². The van der Waals surface area contributed by atoms with Crippen molar-refractivity contribution in [2.75, 3.05) is 32.7 Å². The van der Waals surface area contributed by atoms with Gasteiger partial charge in [0.15, 0.2) is 5.96 Å². The van der Waals surface area contributed by atoms with Crippen molar-refractivity contribution in [2.45, 2.75) is 19.2 Å². The summed E-state index contributed by atoms with van der Waals surface area (Å²) in [5.41, 5.74) is 1.61. The van der Waals surface area contributed by atoms with E-state index in [0.717, 1.165) is 12.5 Å². The summed E-state index contributed by atoms with van der Waals surface area (Å²) in [5.74, 6) is 0.697. The molecule has 1 aliphatic heterocycles. The third-order valence-corrected chi connectivity index (χ3v) is 6.62. The zero-order valence-electron chi connectivity index (χ0n) is 15.1. The van der Waals surface area contributed by atoms with Crippen molar-refractivity contribution in [2.24, 2.45) is 4.99 Å². The van der Waals surface area contributed by atoms with Gasteiger partial charge in [0.25, 0.3) is 0 Å². The molecule has 0 spiro atoms. The SMILES string of the molecule is CCNC(=NCc1ccsc1)N1CCN(S(=O)(=O)Cc2ccon2)CC1.I. The molecule has 1 fully saturated rings. The molecule has 1 aliphatic rings. The zero-order valence-corrected chi connectivity index (χ0v) is 19.0. The van der Waals surface area contributed by atoms with Gasteiger partial charge in [0.2, 0.25) is 10.0 Å². The van der Waals surface area contributed by atoms with Gasteiger partial charge in [-0.2, -0.15) is 15.6 Å². The lowest BCUT2D eigenvalue weighted by atomic mass is 10.3. The number of aliphatic imine (C=N–C) groups is 1. The van der Waals surface area contributed by atoms with Gasteiger partial charge in [-0.05, 0) is 29.3 Å². The number of aromatic nitrogens is 1. The Hall–Kier alpha value is -1.18. The predicted octanol–water partition coefficient (Wildman–Crippen LogP) is 1.97. The Morgan fingerprint density at radius 1 is 1.33 bits per heavy atom. The maximum atomic E-state index is 12.5. The van der Waals surface area contributed by atoms with E-state index in [0.29, 0.717) is 38.4 Å². The number of hydrogen-bond donors (Lipinski definition) is 1. The largest absolute Gasteiger partial charge is 0.364 e. The topological polar surface area (TPSA) is 91.0 Å². The molecule has 0 amide bonds. The zero-order chi connectivity index (χ0) is 18.4. The van der Waals surface area contributed by atoms with E-state index < -0.39 is 10.0 Å². The fraction of sp³-hybridized carbons (Fsp3) is 0.500. The quantitative estimate of drug-likeness (QED) is 0.353. The first-order valence-corrected chi connectivity index (χ1v) is 11.0. The number of rotatable bonds is 6.